The number of aliphatic hydroxyl groups excluding tert-OH is 1. The molecule has 3 atom stereocenters. The Labute approximate surface area is 217 Å². The molecule has 1 saturated carbocycles. The van der Waals surface area contributed by atoms with Gasteiger partial charge in [-0.2, -0.15) is 0 Å². The van der Waals surface area contributed by atoms with Crippen LogP contribution in [-0.4, -0.2) is 48.3 Å². The van der Waals surface area contributed by atoms with Gasteiger partial charge < -0.3 is 19.9 Å². The normalized spacial score (nSPS) is 19.1. The van der Waals surface area contributed by atoms with Crippen molar-refractivity contribution in [1.29, 1.82) is 0 Å². The van der Waals surface area contributed by atoms with Gasteiger partial charge in [0.1, 0.15) is 25.1 Å². The number of amides is 1. The predicted molar refractivity (Wildman–Crippen MR) is 139 cm³/mol. The minimum Gasteiger partial charge on any atom is -0.486 e. The van der Waals surface area contributed by atoms with Gasteiger partial charge in [0.2, 0.25) is 5.91 Å². The van der Waals surface area contributed by atoms with Crippen LogP contribution in [0.4, 0.5) is 4.39 Å². The highest BCUT2D eigenvalue weighted by atomic mass is 19.1. The van der Waals surface area contributed by atoms with Gasteiger partial charge in [0.05, 0.1) is 12.6 Å². The molecule has 198 valence electrons. The molecule has 1 fully saturated rings. The Hall–Kier alpha value is -3.26. The van der Waals surface area contributed by atoms with Crippen molar-refractivity contribution < 1.29 is 28.6 Å². The number of rotatable bonds is 12. The molecular formula is C29H35FN2O5. The lowest BCUT2D eigenvalue weighted by Gasteiger charge is -2.30. The molecule has 7 nitrogen and oxygen atoms in total. The molecule has 4 rings (SSSR count). The van der Waals surface area contributed by atoms with Crippen LogP contribution in [0.1, 0.15) is 73.9 Å². The Balaban J connectivity index is 1.39. The predicted octanol–water partition coefficient (Wildman–Crippen LogP) is 4.82. The van der Waals surface area contributed by atoms with Crippen LogP contribution in [-0.2, 0) is 4.79 Å². The number of nitrogens with one attached hydrogen (secondary N) is 1. The zero-order chi connectivity index (χ0) is 26.2. The number of aliphatic imine (C=N–C) groups is 1. The summed E-state index contributed by atoms with van der Waals surface area (Å²) < 4.78 is 24.3. The number of ketones is 1. The van der Waals surface area contributed by atoms with Crippen molar-refractivity contribution >= 4 is 17.4 Å². The van der Waals surface area contributed by atoms with E-state index < -0.39 is 18.0 Å². The van der Waals surface area contributed by atoms with Crippen LogP contribution in [0.25, 0.3) is 0 Å². The van der Waals surface area contributed by atoms with Gasteiger partial charge in [0.15, 0.2) is 17.3 Å². The summed E-state index contributed by atoms with van der Waals surface area (Å²) >= 11 is 0. The van der Waals surface area contributed by atoms with Crippen LogP contribution in [0.2, 0.25) is 0 Å². The van der Waals surface area contributed by atoms with E-state index in [1.165, 1.54) is 24.3 Å². The average molecular weight is 511 g/mol. The number of halogens is 1. The summed E-state index contributed by atoms with van der Waals surface area (Å²) in [6, 6.07) is 10.0. The number of benzene rings is 2. The molecule has 0 aromatic heterocycles. The molecule has 0 bridgehead atoms. The van der Waals surface area contributed by atoms with E-state index in [1.54, 1.807) is 18.2 Å². The molecule has 2 N–H and O–H groups in total. The highest BCUT2D eigenvalue weighted by Crippen LogP contribution is 2.34. The second-order valence-corrected chi connectivity index (χ2v) is 9.66. The minimum absolute atomic E-state index is 0.131. The monoisotopic (exact) mass is 510 g/mol. The molecule has 2 aromatic rings. The van der Waals surface area contributed by atoms with Crippen molar-refractivity contribution in [3.63, 3.8) is 0 Å². The topological polar surface area (TPSA) is 97.2 Å². The van der Waals surface area contributed by atoms with Gasteiger partial charge in [0.25, 0.3) is 0 Å². The largest absolute Gasteiger partial charge is 0.486 e. The van der Waals surface area contributed by atoms with Crippen molar-refractivity contribution in [2.75, 3.05) is 19.8 Å². The number of hydrogen-bond acceptors (Lipinski definition) is 6. The summed E-state index contributed by atoms with van der Waals surface area (Å²) in [7, 11) is 0. The third-order valence-corrected chi connectivity index (χ3v) is 6.96. The Morgan fingerprint density at radius 3 is 2.57 bits per heavy atom. The number of hydrogen-bond donors (Lipinski definition) is 2. The highest BCUT2D eigenvalue weighted by molar-refractivity contribution is 5.96. The van der Waals surface area contributed by atoms with Crippen molar-refractivity contribution in [3.8, 4) is 11.5 Å². The van der Waals surface area contributed by atoms with Crippen LogP contribution in [0.5, 0.6) is 11.5 Å². The fourth-order valence-electron chi connectivity index (χ4n) is 4.73. The summed E-state index contributed by atoms with van der Waals surface area (Å²) in [4.78, 5) is 29.9. The standard InChI is InChI=1S/C29H35FN2O5/c1-2-4-19-9-13-23(19)31-18-24(29(35)21-10-14-26-27(17-21)37-16-15-36-26)32-28(34)6-3-5-25(33)20-7-11-22(30)12-8-20/h7-8,10-12,14,17,19,24,29,35H,2-6,9,13,15-16,18H2,1H3,(H,32,34)/t19?,24-,29-/m1/s1. The molecule has 1 aliphatic heterocycles. The number of ether oxygens (including phenoxy) is 2. The van der Waals surface area contributed by atoms with E-state index in [0.29, 0.717) is 48.2 Å². The number of nitrogens with zero attached hydrogens (tertiary/aromatic N) is 1. The van der Waals surface area contributed by atoms with Gasteiger partial charge in [-0.05, 0) is 73.6 Å². The van der Waals surface area contributed by atoms with Gasteiger partial charge in [0, 0.05) is 24.1 Å². The molecule has 8 heteroatoms. The molecule has 2 aromatic carbocycles. The maximum absolute atomic E-state index is 13.1. The average Bonchev–Trinajstić information content (AvgIpc) is 2.90. The quantitative estimate of drug-likeness (QED) is 0.399. The molecule has 0 spiro atoms. The van der Waals surface area contributed by atoms with Crippen molar-refractivity contribution in [3.05, 3.63) is 59.4 Å². The molecule has 1 heterocycles. The molecular weight excluding hydrogens is 475 g/mol. The molecule has 0 saturated heterocycles. The number of carbonyl (C=O) groups is 2. The van der Waals surface area contributed by atoms with Crippen LogP contribution >= 0.6 is 0 Å². The lowest BCUT2D eigenvalue weighted by atomic mass is 9.80. The molecule has 1 amide bonds. The number of carbonyl (C=O) groups excluding carboxylic acids is 2. The summed E-state index contributed by atoms with van der Waals surface area (Å²) in [6.07, 6.45) is 3.95. The highest BCUT2D eigenvalue weighted by Gasteiger charge is 2.28. The van der Waals surface area contributed by atoms with E-state index in [9.17, 15) is 19.1 Å². The van der Waals surface area contributed by atoms with E-state index in [4.69, 9.17) is 14.5 Å². The van der Waals surface area contributed by atoms with Gasteiger partial charge in [-0.1, -0.05) is 19.4 Å². The second kappa shape index (κ2) is 12.8. The second-order valence-electron chi connectivity index (χ2n) is 9.66. The zero-order valence-electron chi connectivity index (χ0n) is 21.2. The van der Waals surface area contributed by atoms with Crippen molar-refractivity contribution in [2.45, 2.75) is 64.0 Å². The lowest BCUT2D eigenvalue weighted by molar-refractivity contribution is -0.122. The third kappa shape index (κ3) is 7.16. The number of fused-ring (bicyclic) bond motifs is 1. The van der Waals surface area contributed by atoms with E-state index in [2.05, 4.69) is 12.2 Å². The fourth-order valence-corrected chi connectivity index (χ4v) is 4.73. The van der Waals surface area contributed by atoms with Crippen LogP contribution in [0, 0.1) is 11.7 Å². The molecule has 0 radical (unpaired) electrons. The molecule has 37 heavy (non-hydrogen) atoms. The minimum atomic E-state index is -0.991. The zero-order valence-corrected chi connectivity index (χ0v) is 21.2. The number of aliphatic hydroxyl groups is 1. The van der Waals surface area contributed by atoms with Gasteiger partial charge in [-0.3, -0.25) is 14.6 Å². The van der Waals surface area contributed by atoms with E-state index in [0.717, 1.165) is 31.4 Å². The maximum atomic E-state index is 13.1. The Morgan fingerprint density at radius 2 is 1.86 bits per heavy atom. The SMILES string of the molecule is CCCC1CCC1=NC[C@@H](NC(=O)CCCC(=O)c1ccc(F)cc1)[C@H](O)c1ccc2c(c1)OCCO2. The van der Waals surface area contributed by atoms with Crippen LogP contribution < -0.4 is 14.8 Å². The first-order chi connectivity index (χ1) is 17.9. The van der Waals surface area contributed by atoms with E-state index >= 15 is 0 Å². The van der Waals surface area contributed by atoms with E-state index in [1.807, 2.05) is 0 Å². The summed E-state index contributed by atoms with van der Waals surface area (Å²) in [5.74, 6) is 0.896. The number of Topliss-reactive ketones (excluding diaryl/α,β-unsaturated/α-hetero) is 1. The first-order valence-corrected chi connectivity index (χ1v) is 13.1. The van der Waals surface area contributed by atoms with Crippen LogP contribution in [0.3, 0.4) is 0 Å². The maximum Gasteiger partial charge on any atom is 0.220 e. The summed E-state index contributed by atoms with van der Waals surface area (Å²) in [5.41, 5.74) is 2.19. The van der Waals surface area contributed by atoms with Gasteiger partial charge in [-0.25, -0.2) is 4.39 Å². The van der Waals surface area contributed by atoms with Crippen molar-refractivity contribution in [1.82, 2.24) is 5.32 Å². The lowest BCUT2D eigenvalue weighted by Crippen LogP contribution is -2.42. The van der Waals surface area contributed by atoms with E-state index in [-0.39, 0.29) is 31.1 Å². The van der Waals surface area contributed by atoms with Crippen molar-refractivity contribution in [2.24, 2.45) is 10.9 Å². The van der Waals surface area contributed by atoms with Crippen LogP contribution in [0.15, 0.2) is 47.5 Å². The molecule has 2 aliphatic rings. The fraction of sp³-hybridized carbons (Fsp3) is 0.483. The molecule has 1 unspecified atom stereocenters. The summed E-state index contributed by atoms with van der Waals surface area (Å²) in [5, 5.41) is 14.2. The Bertz CT molecular complexity index is 1120. The Kier molecular flexibility index (Phi) is 9.28. The Morgan fingerprint density at radius 1 is 1.11 bits per heavy atom. The first-order valence-electron chi connectivity index (χ1n) is 13.1. The summed E-state index contributed by atoms with van der Waals surface area (Å²) in [6.45, 7) is 3.35. The third-order valence-electron chi connectivity index (χ3n) is 6.96. The first kappa shape index (κ1) is 26.8. The van der Waals surface area contributed by atoms with Gasteiger partial charge in [-0.15, -0.1) is 0 Å². The smallest absolute Gasteiger partial charge is 0.220 e. The van der Waals surface area contributed by atoms with Gasteiger partial charge >= 0.3 is 0 Å². The molecule has 1 aliphatic carbocycles.